The van der Waals surface area contributed by atoms with Crippen LogP contribution in [0.3, 0.4) is 0 Å². The van der Waals surface area contributed by atoms with Crippen LogP contribution >= 0.6 is 0 Å². The van der Waals surface area contributed by atoms with Crippen LogP contribution in [0.25, 0.3) is 0 Å². The van der Waals surface area contributed by atoms with Crippen molar-refractivity contribution in [3.8, 4) is 0 Å². The number of hydrogen-bond acceptors (Lipinski definition) is 2. The molecule has 0 saturated heterocycles. The predicted octanol–water partition coefficient (Wildman–Crippen LogP) is 2.91. The molecule has 0 amide bonds. The van der Waals surface area contributed by atoms with Crippen LogP contribution in [0.2, 0.25) is 0 Å². The van der Waals surface area contributed by atoms with E-state index in [-0.39, 0.29) is 6.04 Å². The molecule has 0 aliphatic heterocycles. The third-order valence-electron chi connectivity index (χ3n) is 2.56. The van der Waals surface area contributed by atoms with E-state index >= 15 is 0 Å². The first kappa shape index (κ1) is 11.6. The molecule has 0 spiro atoms. The number of hydrogen-bond donors (Lipinski definition) is 0. The predicted molar refractivity (Wildman–Crippen MR) is 55.3 cm³/mol. The summed E-state index contributed by atoms with van der Waals surface area (Å²) in [5.74, 6) is 0. The van der Waals surface area contributed by atoms with Gasteiger partial charge in [0.1, 0.15) is 0 Å². The highest BCUT2D eigenvalue weighted by Gasteiger charge is 2.30. The van der Waals surface area contributed by atoms with Crippen molar-refractivity contribution in [1.29, 1.82) is 0 Å². The van der Waals surface area contributed by atoms with E-state index in [1.165, 1.54) is 18.3 Å². The molecule has 90 valence electrons. The van der Waals surface area contributed by atoms with Gasteiger partial charge in [-0.05, 0) is 24.6 Å². The summed E-state index contributed by atoms with van der Waals surface area (Å²) in [6, 6.07) is 4.91. The van der Waals surface area contributed by atoms with E-state index in [2.05, 4.69) is 10.3 Å². The van der Waals surface area contributed by atoms with Crippen LogP contribution in [0.4, 0.5) is 13.2 Å². The maximum absolute atomic E-state index is 12.4. The number of nitrogens with zero attached hydrogens (tertiary/aromatic N) is 3. The van der Waals surface area contributed by atoms with Crippen LogP contribution in [0, 0.1) is 0 Å². The average molecular weight is 241 g/mol. The van der Waals surface area contributed by atoms with Crippen molar-refractivity contribution >= 4 is 0 Å². The van der Waals surface area contributed by atoms with Crippen molar-refractivity contribution in [2.75, 3.05) is 0 Å². The minimum Gasteiger partial charge on any atom is -0.245 e. The summed E-state index contributed by atoms with van der Waals surface area (Å²) in [6.07, 6.45) is -1.10. The van der Waals surface area contributed by atoms with Gasteiger partial charge < -0.3 is 0 Å². The van der Waals surface area contributed by atoms with Gasteiger partial charge in [0.05, 0.1) is 17.8 Å². The van der Waals surface area contributed by atoms with Gasteiger partial charge in [0.2, 0.25) is 0 Å². The molecule has 17 heavy (non-hydrogen) atoms. The molecule has 0 N–H and O–H groups in total. The van der Waals surface area contributed by atoms with Crippen LogP contribution in [-0.4, -0.2) is 15.0 Å². The zero-order valence-electron chi connectivity index (χ0n) is 9.02. The maximum Gasteiger partial charge on any atom is 0.416 e. The third-order valence-corrected chi connectivity index (χ3v) is 2.56. The highest BCUT2D eigenvalue weighted by molar-refractivity contribution is 5.26. The first-order valence-corrected chi connectivity index (χ1v) is 5.01. The lowest BCUT2D eigenvalue weighted by molar-refractivity contribution is -0.137. The van der Waals surface area contributed by atoms with Crippen LogP contribution in [0.5, 0.6) is 0 Å². The van der Waals surface area contributed by atoms with Gasteiger partial charge in [-0.1, -0.05) is 17.3 Å². The molecular formula is C11H10F3N3. The van der Waals surface area contributed by atoms with Crippen molar-refractivity contribution in [1.82, 2.24) is 15.0 Å². The Hall–Kier alpha value is -1.85. The van der Waals surface area contributed by atoms with Crippen LogP contribution < -0.4 is 0 Å². The van der Waals surface area contributed by atoms with Crippen LogP contribution in [0.15, 0.2) is 36.7 Å². The fourth-order valence-corrected chi connectivity index (χ4v) is 1.53. The van der Waals surface area contributed by atoms with Gasteiger partial charge in [-0.3, -0.25) is 0 Å². The molecule has 2 aromatic rings. The molecule has 6 heteroatoms. The highest BCUT2D eigenvalue weighted by atomic mass is 19.4. The Balaban J connectivity index is 2.24. The Labute approximate surface area is 95.9 Å². The number of alkyl halides is 3. The lowest BCUT2D eigenvalue weighted by Gasteiger charge is -2.13. The maximum atomic E-state index is 12.4. The normalized spacial score (nSPS) is 13.6. The Morgan fingerprint density at radius 3 is 2.29 bits per heavy atom. The number of halogens is 3. The summed E-state index contributed by atoms with van der Waals surface area (Å²) in [7, 11) is 0. The molecule has 0 aliphatic rings. The second-order valence-corrected chi connectivity index (χ2v) is 3.68. The van der Waals surface area contributed by atoms with Gasteiger partial charge >= 0.3 is 6.18 Å². The number of benzene rings is 1. The Bertz CT molecular complexity index is 474. The summed E-state index contributed by atoms with van der Waals surface area (Å²) in [4.78, 5) is 0. The topological polar surface area (TPSA) is 30.7 Å². The van der Waals surface area contributed by atoms with Gasteiger partial charge in [0, 0.05) is 6.20 Å². The van der Waals surface area contributed by atoms with E-state index in [0.717, 1.165) is 17.7 Å². The molecular weight excluding hydrogens is 231 g/mol. The molecule has 1 aromatic carbocycles. The highest BCUT2D eigenvalue weighted by Crippen LogP contribution is 2.30. The van der Waals surface area contributed by atoms with Crippen LogP contribution in [0.1, 0.15) is 24.1 Å². The van der Waals surface area contributed by atoms with Crippen molar-refractivity contribution in [2.24, 2.45) is 0 Å². The monoisotopic (exact) mass is 241 g/mol. The fourth-order valence-electron chi connectivity index (χ4n) is 1.53. The Morgan fingerprint density at radius 2 is 1.82 bits per heavy atom. The molecule has 1 heterocycles. The summed E-state index contributed by atoms with van der Waals surface area (Å²) in [6.45, 7) is 1.84. The van der Waals surface area contributed by atoms with Gasteiger partial charge in [-0.2, -0.15) is 13.2 Å². The zero-order valence-corrected chi connectivity index (χ0v) is 9.02. The average Bonchev–Trinajstić information content (AvgIpc) is 2.80. The van der Waals surface area contributed by atoms with Gasteiger partial charge in [0.25, 0.3) is 0 Å². The number of rotatable bonds is 2. The summed E-state index contributed by atoms with van der Waals surface area (Å²) in [5, 5.41) is 7.47. The van der Waals surface area contributed by atoms with E-state index in [1.807, 2.05) is 6.92 Å². The lowest BCUT2D eigenvalue weighted by Crippen LogP contribution is -2.09. The Kier molecular flexibility index (Phi) is 2.87. The molecule has 1 aromatic heterocycles. The molecule has 3 nitrogen and oxygen atoms in total. The smallest absolute Gasteiger partial charge is 0.245 e. The first-order chi connectivity index (χ1) is 7.98. The van der Waals surface area contributed by atoms with Gasteiger partial charge in [-0.15, -0.1) is 5.10 Å². The molecule has 0 radical (unpaired) electrons. The first-order valence-electron chi connectivity index (χ1n) is 5.01. The summed E-state index contributed by atoms with van der Waals surface area (Å²) in [5.41, 5.74) is 0.107. The molecule has 2 rings (SSSR count). The SMILES string of the molecule is CC(c1ccc(C(F)(F)F)cc1)n1ccnn1. The van der Waals surface area contributed by atoms with Crippen LogP contribution in [-0.2, 0) is 6.18 Å². The zero-order chi connectivity index (χ0) is 12.5. The second kappa shape index (κ2) is 4.20. The van der Waals surface area contributed by atoms with Crippen molar-refractivity contribution in [3.05, 3.63) is 47.8 Å². The van der Waals surface area contributed by atoms with Crippen molar-refractivity contribution in [2.45, 2.75) is 19.1 Å². The van der Waals surface area contributed by atoms with E-state index < -0.39 is 11.7 Å². The molecule has 0 fully saturated rings. The lowest BCUT2D eigenvalue weighted by atomic mass is 10.1. The molecule has 0 aliphatic carbocycles. The molecule has 0 bridgehead atoms. The van der Waals surface area contributed by atoms with Gasteiger partial charge in [0.15, 0.2) is 0 Å². The summed E-state index contributed by atoms with van der Waals surface area (Å²) < 4.78 is 38.7. The Morgan fingerprint density at radius 1 is 1.18 bits per heavy atom. The molecule has 1 atom stereocenters. The third kappa shape index (κ3) is 2.46. The second-order valence-electron chi connectivity index (χ2n) is 3.68. The number of aromatic nitrogens is 3. The van der Waals surface area contributed by atoms with Crippen molar-refractivity contribution < 1.29 is 13.2 Å². The minimum atomic E-state index is -4.30. The fraction of sp³-hybridized carbons (Fsp3) is 0.273. The standard InChI is InChI=1S/C11H10F3N3/c1-8(17-7-6-15-16-17)9-2-4-10(5-3-9)11(12,13)14/h2-8H,1H3. The van der Waals surface area contributed by atoms with Crippen molar-refractivity contribution in [3.63, 3.8) is 0 Å². The van der Waals surface area contributed by atoms with E-state index in [0.29, 0.717) is 0 Å². The van der Waals surface area contributed by atoms with E-state index in [4.69, 9.17) is 0 Å². The molecule has 0 saturated carbocycles. The van der Waals surface area contributed by atoms with E-state index in [1.54, 1.807) is 10.9 Å². The quantitative estimate of drug-likeness (QED) is 0.809. The molecule has 1 unspecified atom stereocenters. The van der Waals surface area contributed by atoms with Gasteiger partial charge in [-0.25, -0.2) is 4.68 Å². The summed E-state index contributed by atoms with van der Waals surface area (Å²) >= 11 is 0. The minimum absolute atomic E-state index is 0.139. The van der Waals surface area contributed by atoms with E-state index in [9.17, 15) is 13.2 Å². The largest absolute Gasteiger partial charge is 0.416 e.